The quantitative estimate of drug-likeness (QED) is 0.570. The van der Waals surface area contributed by atoms with Crippen molar-refractivity contribution in [1.82, 2.24) is 0 Å². The van der Waals surface area contributed by atoms with Gasteiger partial charge in [-0.3, -0.25) is 0 Å². The summed E-state index contributed by atoms with van der Waals surface area (Å²) in [6, 6.07) is 11.9. The summed E-state index contributed by atoms with van der Waals surface area (Å²) >= 11 is 0. The second kappa shape index (κ2) is 11.1. The molecule has 25 heavy (non-hydrogen) atoms. The number of hydrogen-bond acceptors (Lipinski definition) is 2. The van der Waals surface area contributed by atoms with Gasteiger partial charge in [0.05, 0.1) is 6.61 Å². The van der Waals surface area contributed by atoms with Crippen LogP contribution in [0.3, 0.4) is 0 Å². The highest BCUT2D eigenvalue weighted by atomic mass is 16.5. The van der Waals surface area contributed by atoms with Crippen molar-refractivity contribution in [2.24, 2.45) is 0 Å². The van der Waals surface area contributed by atoms with Gasteiger partial charge in [-0.05, 0) is 60.2 Å². The topological polar surface area (TPSA) is 29.5 Å². The van der Waals surface area contributed by atoms with E-state index in [-0.39, 0.29) is 0 Å². The van der Waals surface area contributed by atoms with Gasteiger partial charge in [0.2, 0.25) is 0 Å². The number of rotatable bonds is 8. The van der Waals surface area contributed by atoms with Crippen LogP contribution in [0.25, 0.3) is 11.1 Å². The lowest BCUT2D eigenvalue weighted by atomic mass is 9.97. The third kappa shape index (κ3) is 5.82. The van der Waals surface area contributed by atoms with E-state index < -0.39 is 0 Å². The highest BCUT2D eigenvalue weighted by Crippen LogP contribution is 2.34. The zero-order valence-corrected chi connectivity index (χ0v) is 15.7. The molecule has 1 N–H and O–H groups in total. The zero-order valence-electron chi connectivity index (χ0n) is 15.7. The molecule has 2 nitrogen and oxygen atoms in total. The average molecular weight is 338 g/mol. The molecular formula is C23H30O2. The number of phenols is 1. The lowest BCUT2D eigenvalue weighted by Gasteiger charge is -2.14. The highest BCUT2D eigenvalue weighted by Gasteiger charge is 2.10. The van der Waals surface area contributed by atoms with Crippen LogP contribution in [0.4, 0.5) is 0 Å². The number of phenolic OH excluding ortho intramolecular Hbond substituents is 1. The molecule has 2 heteroatoms. The molecule has 0 bridgehead atoms. The van der Waals surface area contributed by atoms with Gasteiger partial charge in [-0.1, -0.05) is 45.1 Å². The molecule has 134 valence electrons. The van der Waals surface area contributed by atoms with Crippen molar-refractivity contribution in [2.75, 3.05) is 6.61 Å². The van der Waals surface area contributed by atoms with Gasteiger partial charge in [-0.15, -0.1) is 13.2 Å². The van der Waals surface area contributed by atoms with Gasteiger partial charge in [0.25, 0.3) is 0 Å². The Balaban J connectivity index is 0.00000151. The van der Waals surface area contributed by atoms with Gasteiger partial charge in [0, 0.05) is 5.56 Å². The third-order valence-corrected chi connectivity index (χ3v) is 3.64. The molecule has 0 aromatic heterocycles. The van der Waals surface area contributed by atoms with E-state index in [0.717, 1.165) is 35.3 Å². The molecule has 0 radical (unpaired) electrons. The maximum atomic E-state index is 9.97. The van der Waals surface area contributed by atoms with Crippen LogP contribution in [0.1, 0.15) is 38.3 Å². The summed E-state index contributed by atoms with van der Waals surface area (Å²) in [5.41, 5.74) is 4.14. The van der Waals surface area contributed by atoms with Gasteiger partial charge in [-0.25, -0.2) is 0 Å². The lowest BCUT2D eigenvalue weighted by Crippen LogP contribution is -1.98. The van der Waals surface area contributed by atoms with Crippen molar-refractivity contribution in [2.45, 2.75) is 40.0 Å². The van der Waals surface area contributed by atoms with Crippen molar-refractivity contribution in [1.29, 1.82) is 0 Å². The maximum absolute atomic E-state index is 9.97. The Morgan fingerprint density at radius 2 is 1.72 bits per heavy atom. The Kier molecular flexibility index (Phi) is 9.16. The number of benzene rings is 2. The minimum Gasteiger partial charge on any atom is -0.508 e. The molecule has 0 fully saturated rings. The van der Waals surface area contributed by atoms with Crippen LogP contribution in [-0.2, 0) is 12.8 Å². The van der Waals surface area contributed by atoms with Gasteiger partial charge in [0.15, 0.2) is 0 Å². The molecule has 2 aromatic rings. The van der Waals surface area contributed by atoms with E-state index in [2.05, 4.69) is 32.2 Å². The fraction of sp³-hybridized carbons (Fsp3) is 0.304. The molecule has 2 rings (SSSR count). The number of allylic oxidation sites excluding steroid dienone is 2. The molecule has 0 spiro atoms. The standard InChI is InChI=1S/C21H24O2.C2H6/c1-4-7-16-9-12-21(23-13-6-3)19(14-16)17-10-11-20(22)18(15-17)8-5-2;1-2/h4-5,9-12,14-15,22H,1-2,6-8,13H2,3H3;1-2H3. The van der Waals surface area contributed by atoms with E-state index in [1.807, 2.05) is 38.1 Å². The van der Waals surface area contributed by atoms with Crippen molar-refractivity contribution in [3.63, 3.8) is 0 Å². The summed E-state index contributed by atoms with van der Waals surface area (Å²) in [6.07, 6.45) is 6.11. The largest absolute Gasteiger partial charge is 0.508 e. The van der Waals surface area contributed by atoms with Crippen LogP contribution in [0.5, 0.6) is 11.5 Å². The molecule has 0 unspecified atom stereocenters. The fourth-order valence-electron chi connectivity index (χ4n) is 2.51. The first-order valence-corrected chi connectivity index (χ1v) is 8.99. The fourth-order valence-corrected chi connectivity index (χ4v) is 2.51. The van der Waals surface area contributed by atoms with Gasteiger partial charge in [0.1, 0.15) is 11.5 Å². The summed E-state index contributed by atoms with van der Waals surface area (Å²) in [4.78, 5) is 0. The summed E-state index contributed by atoms with van der Waals surface area (Å²) in [5.74, 6) is 1.17. The van der Waals surface area contributed by atoms with Crippen molar-refractivity contribution in [3.05, 3.63) is 72.8 Å². The first kappa shape index (κ1) is 20.6. The maximum Gasteiger partial charge on any atom is 0.127 e. The van der Waals surface area contributed by atoms with E-state index in [9.17, 15) is 5.11 Å². The molecule has 0 heterocycles. The van der Waals surface area contributed by atoms with Gasteiger partial charge in [-0.2, -0.15) is 0 Å². The van der Waals surface area contributed by atoms with E-state index >= 15 is 0 Å². The second-order valence-electron chi connectivity index (χ2n) is 5.51. The van der Waals surface area contributed by atoms with Crippen LogP contribution in [0, 0.1) is 0 Å². The van der Waals surface area contributed by atoms with E-state index in [4.69, 9.17) is 4.74 Å². The Hall–Kier alpha value is -2.48. The zero-order chi connectivity index (χ0) is 18.7. The predicted octanol–water partition coefficient (Wildman–Crippen LogP) is 6.33. The number of hydrogen-bond donors (Lipinski definition) is 1. The Morgan fingerprint density at radius 1 is 1.00 bits per heavy atom. The average Bonchev–Trinajstić information content (AvgIpc) is 2.64. The van der Waals surface area contributed by atoms with Crippen LogP contribution in [-0.4, -0.2) is 11.7 Å². The molecule has 0 aliphatic heterocycles. The van der Waals surface area contributed by atoms with Crippen molar-refractivity contribution < 1.29 is 9.84 Å². The van der Waals surface area contributed by atoms with Gasteiger partial charge >= 0.3 is 0 Å². The van der Waals surface area contributed by atoms with Crippen molar-refractivity contribution >= 4 is 0 Å². The van der Waals surface area contributed by atoms with E-state index in [1.54, 1.807) is 12.1 Å². The van der Waals surface area contributed by atoms with Crippen molar-refractivity contribution in [3.8, 4) is 22.6 Å². The molecule has 0 amide bonds. The molecule has 0 aliphatic rings. The summed E-state index contributed by atoms with van der Waals surface area (Å²) in [7, 11) is 0. The van der Waals surface area contributed by atoms with Crippen LogP contribution >= 0.6 is 0 Å². The molecule has 0 aliphatic carbocycles. The van der Waals surface area contributed by atoms with Gasteiger partial charge < -0.3 is 9.84 Å². The summed E-state index contributed by atoms with van der Waals surface area (Å²) < 4.78 is 5.90. The monoisotopic (exact) mass is 338 g/mol. The Labute approximate surface area is 152 Å². The minimum absolute atomic E-state index is 0.298. The highest BCUT2D eigenvalue weighted by molar-refractivity contribution is 5.72. The molecule has 2 aromatic carbocycles. The molecular weight excluding hydrogens is 308 g/mol. The first-order valence-electron chi connectivity index (χ1n) is 8.99. The normalized spacial score (nSPS) is 9.72. The molecule has 0 saturated carbocycles. The van der Waals surface area contributed by atoms with E-state index in [0.29, 0.717) is 18.8 Å². The summed E-state index contributed by atoms with van der Waals surface area (Å²) in [5, 5.41) is 9.97. The predicted molar refractivity (Wildman–Crippen MR) is 108 cm³/mol. The van der Waals surface area contributed by atoms with E-state index in [1.165, 1.54) is 5.56 Å². The number of ether oxygens (including phenoxy) is 1. The van der Waals surface area contributed by atoms with Crippen LogP contribution in [0.2, 0.25) is 0 Å². The SMILES string of the molecule is C=CCc1ccc(OCCC)c(-c2ccc(O)c(CC=C)c2)c1.CC. The summed E-state index contributed by atoms with van der Waals surface area (Å²) in [6.45, 7) is 14.3. The minimum atomic E-state index is 0.298. The lowest BCUT2D eigenvalue weighted by molar-refractivity contribution is 0.318. The second-order valence-corrected chi connectivity index (χ2v) is 5.51. The third-order valence-electron chi connectivity index (χ3n) is 3.64. The Bertz CT molecular complexity index is 686. The van der Waals surface area contributed by atoms with Crippen LogP contribution < -0.4 is 4.74 Å². The molecule has 0 saturated heterocycles. The smallest absolute Gasteiger partial charge is 0.127 e. The molecule has 0 atom stereocenters. The Morgan fingerprint density at radius 3 is 2.36 bits per heavy atom. The number of aromatic hydroxyl groups is 1. The first-order chi connectivity index (χ1) is 12.2. The van der Waals surface area contributed by atoms with Crippen LogP contribution in [0.15, 0.2) is 61.7 Å².